The second-order valence-corrected chi connectivity index (χ2v) is 4.18. The molecule has 15 heavy (non-hydrogen) atoms. The first-order chi connectivity index (χ1) is 7.31. The third kappa shape index (κ3) is 2.38. The number of nitrogens with zero attached hydrogens (tertiary/aromatic N) is 3. The Morgan fingerprint density at radius 3 is 2.87 bits per heavy atom. The molecule has 0 amide bonds. The molecule has 1 heterocycles. The van der Waals surface area contributed by atoms with Gasteiger partial charge >= 0.3 is 0 Å². The molecule has 0 fully saturated rings. The number of halogens is 2. The Morgan fingerprint density at radius 2 is 2.13 bits per heavy atom. The van der Waals surface area contributed by atoms with E-state index in [1.165, 1.54) is 6.33 Å². The number of rotatable bonds is 3. The number of hydrogen-bond donors (Lipinski definition) is 0. The van der Waals surface area contributed by atoms with E-state index in [9.17, 15) is 0 Å². The fraction of sp³-hybridized carbons (Fsp3) is 0.200. The third-order valence-electron chi connectivity index (χ3n) is 2.09. The van der Waals surface area contributed by atoms with Crippen LogP contribution in [0.4, 0.5) is 0 Å². The average Bonchev–Trinajstić information content (AvgIpc) is 2.69. The number of aromatic nitrogens is 3. The van der Waals surface area contributed by atoms with Gasteiger partial charge in [0.15, 0.2) is 0 Å². The SMILES string of the molecule is ClCc1ncnn1Cc1ccccc1Br. The maximum atomic E-state index is 5.74. The van der Waals surface area contributed by atoms with Crippen molar-refractivity contribution < 1.29 is 0 Å². The van der Waals surface area contributed by atoms with Crippen molar-refractivity contribution >= 4 is 27.5 Å². The van der Waals surface area contributed by atoms with Crippen LogP contribution >= 0.6 is 27.5 Å². The number of hydrogen-bond acceptors (Lipinski definition) is 2. The van der Waals surface area contributed by atoms with Gasteiger partial charge in [-0.15, -0.1) is 11.6 Å². The Morgan fingerprint density at radius 1 is 1.33 bits per heavy atom. The minimum absolute atomic E-state index is 0.379. The lowest BCUT2D eigenvalue weighted by atomic mass is 10.2. The Hall–Kier alpha value is -0.870. The van der Waals surface area contributed by atoms with Gasteiger partial charge in [-0.05, 0) is 11.6 Å². The van der Waals surface area contributed by atoms with Crippen molar-refractivity contribution in [1.29, 1.82) is 0 Å². The maximum absolute atomic E-state index is 5.74. The lowest BCUT2D eigenvalue weighted by molar-refractivity contribution is 0.655. The summed E-state index contributed by atoms with van der Waals surface area (Å²) in [5.41, 5.74) is 1.16. The normalized spacial score (nSPS) is 10.5. The van der Waals surface area contributed by atoms with Gasteiger partial charge < -0.3 is 0 Å². The average molecular weight is 287 g/mol. The molecule has 0 saturated heterocycles. The van der Waals surface area contributed by atoms with Crippen LogP contribution < -0.4 is 0 Å². The molecule has 78 valence electrons. The summed E-state index contributed by atoms with van der Waals surface area (Å²) in [7, 11) is 0. The minimum Gasteiger partial charge on any atom is -0.244 e. The standard InChI is InChI=1S/C10H9BrClN3/c11-9-4-2-1-3-8(9)6-15-10(5-12)13-7-14-15/h1-4,7H,5-6H2. The van der Waals surface area contributed by atoms with Crippen molar-refractivity contribution in [2.24, 2.45) is 0 Å². The molecular weight excluding hydrogens is 277 g/mol. The second kappa shape index (κ2) is 4.77. The summed E-state index contributed by atoms with van der Waals surface area (Å²) in [5, 5.41) is 4.12. The van der Waals surface area contributed by atoms with E-state index < -0.39 is 0 Å². The monoisotopic (exact) mass is 285 g/mol. The molecule has 0 bridgehead atoms. The van der Waals surface area contributed by atoms with Crippen molar-refractivity contribution in [3.05, 3.63) is 46.5 Å². The van der Waals surface area contributed by atoms with Crippen LogP contribution in [-0.2, 0) is 12.4 Å². The first-order valence-electron chi connectivity index (χ1n) is 4.47. The van der Waals surface area contributed by atoms with Crippen LogP contribution in [0, 0.1) is 0 Å². The quantitative estimate of drug-likeness (QED) is 0.812. The highest BCUT2D eigenvalue weighted by atomic mass is 79.9. The molecule has 2 rings (SSSR count). The maximum Gasteiger partial charge on any atom is 0.142 e. The zero-order valence-corrected chi connectivity index (χ0v) is 10.2. The summed E-state index contributed by atoms with van der Waals surface area (Å²) in [6.45, 7) is 0.684. The van der Waals surface area contributed by atoms with Crippen LogP contribution in [0.15, 0.2) is 35.1 Å². The largest absolute Gasteiger partial charge is 0.244 e. The molecule has 1 aromatic carbocycles. The predicted molar refractivity (Wildman–Crippen MR) is 62.8 cm³/mol. The second-order valence-electron chi connectivity index (χ2n) is 3.06. The molecule has 0 aliphatic carbocycles. The van der Waals surface area contributed by atoms with Crippen LogP contribution in [0.25, 0.3) is 0 Å². The summed E-state index contributed by atoms with van der Waals surface area (Å²) in [6.07, 6.45) is 1.52. The van der Waals surface area contributed by atoms with Gasteiger partial charge in [0.2, 0.25) is 0 Å². The zero-order valence-electron chi connectivity index (χ0n) is 7.90. The van der Waals surface area contributed by atoms with Gasteiger partial charge in [-0.25, -0.2) is 9.67 Å². The molecule has 1 aromatic heterocycles. The molecule has 0 unspecified atom stereocenters. The molecule has 5 heteroatoms. The van der Waals surface area contributed by atoms with E-state index in [0.29, 0.717) is 12.4 Å². The van der Waals surface area contributed by atoms with Gasteiger partial charge in [-0.2, -0.15) is 5.10 Å². The lowest BCUT2D eigenvalue weighted by Gasteiger charge is -2.05. The highest BCUT2D eigenvalue weighted by Crippen LogP contribution is 2.17. The van der Waals surface area contributed by atoms with E-state index in [2.05, 4.69) is 26.0 Å². The molecule has 0 N–H and O–H groups in total. The Bertz CT molecular complexity index is 455. The number of benzene rings is 1. The van der Waals surface area contributed by atoms with Crippen molar-refractivity contribution in [2.75, 3.05) is 0 Å². The first-order valence-corrected chi connectivity index (χ1v) is 5.80. The fourth-order valence-corrected chi connectivity index (χ4v) is 1.93. The summed E-state index contributed by atoms with van der Waals surface area (Å²) in [4.78, 5) is 4.07. The first kappa shape index (κ1) is 10.6. The van der Waals surface area contributed by atoms with Gasteiger partial charge in [0, 0.05) is 4.47 Å². The molecule has 2 aromatic rings. The van der Waals surface area contributed by atoms with Gasteiger partial charge in [-0.3, -0.25) is 0 Å². The topological polar surface area (TPSA) is 30.7 Å². The molecule has 0 saturated carbocycles. The summed E-state index contributed by atoms with van der Waals surface area (Å²) < 4.78 is 2.87. The van der Waals surface area contributed by atoms with Crippen molar-refractivity contribution in [3.63, 3.8) is 0 Å². The van der Waals surface area contributed by atoms with Crippen LogP contribution in [0.5, 0.6) is 0 Å². The molecule has 0 radical (unpaired) electrons. The van der Waals surface area contributed by atoms with Crippen LogP contribution in [0.1, 0.15) is 11.4 Å². The fourth-order valence-electron chi connectivity index (χ4n) is 1.31. The zero-order chi connectivity index (χ0) is 10.7. The Balaban J connectivity index is 2.26. The van der Waals surface area contributed by atoms with Gasteiger partial charge in [0.25, 0.3) is 0 Å². The number of alkyl halides is 1. The Labute approximate surface area is 101 Å². The van der Waals surface area contributed by atoms with Gasteiger partial charge in [-0.1, -0.05) is 34.1 Å². The van der Waals surface area contributed by atoms with E-state index in [1.54, 1.807) is 4.68 Å². The molecule has 0 aliphatic heterocycles. The molecule has 0 aliphatic rings. The van der Waals surface area contributed by atoms with E-state index in [0.717, 1.165) is 15.9 Å². The van der Waals surface area contributed by atoms with Crippen LogP contribution in [0.2, 0.25) is 0 Å². The van der Waals surface area contributed by atoms with Crippen molar-refractivity contribution in [1.82, 2.24) is 14.8 Å². The highest BCUT2D eigenvalue weighted by molar-refractivity contribution is 9.10. The third-order valence-corrected chi connectivity index (χ3v) is 3.11. The summed E-state index contributed by atoms with van der Waals surface area (Å²) in [6, 6.07) is 8.03. The molecule has 3 nitrogen and oxygen atoms in total. The van der Waals surface area contributed by atoms with E-state index in [1.807, 2.05) is 24.3 Å². The molecule has 0 atom stereocenters. The lowest BCUT2D eigenvalue weighted by Crippen LogP contribution is -2.06. The molecule has 0 spiro atoms. The van der Waals surface area contributed by atoms with Gasteiger partial charge in [0.1, 0.15) is 12.2 Å². The van der Waals surface area contributed by atoms with Gasteiger partial charge in [0.05, 0.1) is 12.4 Å². The van der Waals surface area contributed by atoms with Crippen molar-refractivity contribution in [2.45, 2.75) is 12.4 Å². The van der Waals surface area contributed by atoms with E-state index in [4.69, 9.17) is 11.6 Å². The molecular formula is C10H9BrClN3. The Kier molecular flexibility index (Phi) is 3.38. The summed E-state index contributed by atoms with van der Waals surface area (Å²) >= 11 is 9.24. The van der Waals surface area contributed by atoms with E-state index in [-0.39, 0.29) is 0 Å². The van der Waals surface area contributed by atoms with E-state index >= 15 is 0 Å². The highest BCUT2D eigenvalue weighted by Gasteiger charge is 2.05. The predicted octanol–water partition coefficient (Wildman–Crippen LogP) is 2.83. The van der Waals surface area contributed by atoms with Crippen LogP contribution in [0.3, 0.4) is 0 Å². The smallest absolute Gasteiger partial charge is 0.142 e. The minimum atomic E-state index is 0.379. The van der Waals surface area contributed by atoms with Crippen molar-refractivity contribution in [3.8, 4) is 0 Å². The summed E-state index contributed by atoms with van der Waals surface area (Å²) in [5.74, 6) is 1.16. The van der Waals surface area contributed by atoms with Crippen LogP contribution in [-0.4, -0.2) is 14.8 Å².